The number of likely N-dealkylation sites (N-methyl/N-ethyl adjacent to an activating group) is 1. The quantitative estimate of drug-likeness (QED) is 0.803. The van der Waals surface area contributed by atoms with Crippen LogP contribution in [-0.2, 0) is 6.42 Å². The molecule has 7 heteroatoms. The Morgan fingerprint density at radius 3 is 2.92 bits per heavy atom. The molecule has 0 amide bonds. The topological polar surface area (TPSA) is 80.5 Å². The van der Waals surface area contributed by atoms with Gasteiger partial charge >= 0.3 is 0 Å². The van der Waals surface area contributed by atoms with Gasteiger partial charge in [0, 0.05) is 38.0 Å². The number of nitrogens with zero attached hydrogens (tertiary/aromatic N) is 3. The second-order valence-corrected chi connectivity index (χ2v) is 5.90. The number of ether oxygens (including phenoxy) is 1. The number of methoxy groups -OCH3 is 1. The lowest BCUT2D eigenvalue weighted by Gasteiger charge is -2.30. The third-order valence-electron chi connectivity index (χ3n) is 4.27. The van der Waals surface area contributed by atoms with Crippen molar-refractivity contribution in [2.45, 2.75) is 18.9 Å². The lowest BCUT2D eigenvalue weighted by molar-refractivity contribution is 0.0979. The van der Waals surface area contributed by atoms with Crippen molar-refractivity contribution in [3.8, 4) is 5.75 Å². The molecule has 128 valence electrons. The molecule has 1 aliphatic heterocycles. The molecule has 1 saturated heterocycles. The number of hydrogen-bond acceptors (Lipinski definition) is 7. The smallest absolute Gasteiger partial charge is 0.227 e. The Balaban J connectivity index is 1.57. The maximum atomic E-state index is 12.2. The van der Waals surface area contributed by atoms with Gasteiger partial charge in [-0.1, -0.05) is 5.16 Å². The van der Waals surface area contributed by atoms with Gasteiger partial charge in [-0.15, -0.1) is 0 Å². The first kappa shape index (κ1) is 16.6. The van der Waals surface area contributed by atoms with Gasteiger partial charge in [0.05, 0.1) is 13.2 Å². The average molecular weight is 330 g/mol. The van der Waals surface area contributed by atoms with Crippen LogP contribution < -0.4 is 10.1 Å². The molecule has 0 spiro atoms. The number of piperazine rings is 1. The zero-order chi connectivity index (χ0) is 16.9. The molecule has 1 unspecified atom stereocenters. The van der Waals surface area contributed by atoms with Gasteiger partial charge in [-0.2, -0.15) is 4.98 Å². The van der Waals surface area contributed by atoms with Crippen LogP contribution in [0.2, 0.25) is 0 Å². The Labute approximate surface area is 141 Å². The van der Waals surface area contributed by atoms with E-state index in [1.54, 1.807) is 31.4 Å². The minimum absolute atomic E-state index is 0.0499. The summed E-state index contributed by atoms with van der Waals surface area (Å²) >= 11 is 0. The van der Waals surface area contributed by atoms with E-state index in [-0.39, 0.29) is 11.8 Å². The van der Waals surface area contributed by atoms with Gasteiger partial charge < -0.3 is 14.6 Å². The van der Waals surface area contributed by atoms with Crippen molar-refractivity contribution in [2.75, 3.05) is 33.8 Å². The first-order valence-corrected chi connectivity index (χ1v) is 8.08. The van der Waals surface area contributed by atoms with Crippen LogP contribution in [0.5, 0.6) is 5.75 Å². The maximum absolute atomic E-state index is 12.2. The number of aromatic nitrogens is 2. The molecule has 0 bridgehead atoms. The summed E-state index contributed by atoms with van der Waals surface area (Å²) in [5.41, 5.74) is 0.659. The predicted octanol–water partition coefficient (Wildman–Crippen LogP) is 1.47. The minimum atomic E-state index is 0.0499. The molecule has 3 rings (SSSR count). The molecular weight excluding hydrogens is 308 g/mol. The van der Waals surface area contributed by atoms with Crippen LogP contribution in [0.15, 0.2) is 28.8 Å². The number of carbonyl (C=O) groups excluding carboxylic acids is 1. The summed E-state index contributed by atoms with van der Waals surface area (Å²) in [4.78, 5) is 18.9. The van der Waals surface area contributed by atoms with Crippen LogP contribution in [0.25, 0.3) is 0 Å². The number of nitrogens with one attached hydrogen (secondary N) is 1. The van der Waals surface area contributed by atoms with Crippen LogP contribution in [0.3, 0.4) is 0 Å². The molecular formula is C17H22N4O3. The van der Waals surface area contributed by atoms with E-state index in [1.165, 1.54) is 0 Å². The first-order chi connectivity index (χ1) is 11.7. The van der Waals surface area contributed by atoms with Gasteiger partial charge in [0.15, 0.2) is 11.6 Å². The molecule has 1 aromatic heterocycles. The Kier molecular flexibility index (Phi) is 5.22. The van der Waals surface area contributed by atoms with Crippen molar-refractivity contribution in [3.05, 3.63) is 41.5 Å². The largest absolute Gasteiger partial charge is 0.497 e. The van der Waals surface area contributed by atoms with Gasteiger partial charge in [-0.3, -0.25) is 9.69 Å². The van der Waals surface area contributed by atoms with Gasteiger partial charge in [-0.25, -0.2) is 0 Å². The summed E-state index contributed by atoms with van der Waals surface area (Å²) < 4.78 is 10.4. The summed E-state index contributed by atoms with van der Waals surface area (Å²) in [5, 5.41) is 7.39. The van der Waals surface area contributed by atoms with E-state index in [0.717, 1.165) is 25.4 Å². The highest BCUT2D eigenvalue weighted by Gasteiger charge is 2.25. The van der Waals surface area contributed by atoms with Crippen LogP contribution >= 0.6 is 0 Å². The Morgan fingerprint density at radius 2 is 2.21 bits per heavy atom. The van der Waals surface area contributed by atoms with Crippen molar-refractivity contribution < 1.29 is 14.1 Å². The summed E-state index contributed by atoms with van der Waals surface area (Å²) in [6.45, 7) is 2.72. The van der Waals surface area contributed by atoms with Crippen LogP contribution in [0.1, 0.15) is 34.5 Å². The monoisotopic (exact) mass is 330 g/mol. The standard InChI is InChI=1S/C17H22N4O3/c1-21-10-9-18-11-14(21)17-19-16(24-20-17)8-7-15(22)12-3-5-13(23-2)6-4-12/h3-6,14,18H,7-11H2,1-2H3. The van der Waals surface area contributed by atoms with Crippen molar-refractivity contribution in [1.82, 2.24) is 20.4 Å². The van der Waals surface area contributed by atoms with E-state index in [9.17, 15) is 4.79 Å². The lowest BCUT2D eigenvalue weighted by atomic mass is 10.1. The summed E-state index contributed by atoms with van der Waals surface area (Å²) in [7, 11) is 3.65. The number of hydrogen-bond donors (Lipinski definition) is 1. The molecule has 0 radical (unpaired) electrons. The van der Waals surface area contributed by atoms with Gasteiger partial charge in [0.25, 0.3) is 0 Å². The Bertz CT molecular complexity index is 683. The first-order valence-electron chi connectivity index (χ1n) is 8.08. The van der Waals surface area contributed by atoms with E-state index in [2.05, 4.69) is 27.4 Å². The molecule has 1 atom stereocenters. The van der Waals surface area contributed by atoms with Crippen molar-refractivity contribution in [3.63, 3.8) is 0 Å². The number of ketones is 1. The molecule has 1 fully saturated rings. The highest BCUT2D eigenvalue weighted by atomic mass is 16.5. The molecule has 0 saturated carbocycles. The molecule has 2 heterocycles. The van der Waals surface area contributed by atoms with Crippen LogP contribution in [0.4, 0.5) is 0 Å². The normalized spacial score (nSPS) is 18.5. The number of carbonyl (C=O) groups is 1. The highest BCUT2D eigenvalue weighted by molar-refractivity contribution is 5.96. The fourth-order valence-corrected chi connectivity index (χ4v) is 2.74. The number of aryl methyl sites for hydroxylation is 1. The van der Waals surface area contributed by atoms with Gasteiger partial charge in [0.2, 0.25) is 5.89 Å². The third kappa shape index (κ3) is 3.80. The van der Waals surface area contributed by atoms with Gasteiger partial charge in [0.1, 0.15) is 5.75 Å². The third-order valence-corrected chi connectivity index (χ3v) is 4.27. The summed E-state index contributed by atoms with van der Waals surface area (Å²) in [6, 6.07) is 7.22. The van der Waals surface area contributed by atoms with Crippen LogP contribution in [0, 0.1) is 0 Å². The number of rotatable bonds is 6. The van der Waals surface area contributed by atoms with Crippen molar-refractivity contribution in [2.24, 2.45) is 0 Å². The SMILES string of the molecule is COc1ccc(C(=O)CCc2nc(C3CNCCN3C)no2)cc1. The molecule has 1 aromatic carbocycles. The van der Waals surface area contributed by atoms with E-state index < -0.39 is 0 Å². The second-order valence-electron chi connectivity index (χ2n) is 5.90. The van der Waals surface area contributed by atoms with Crippen molar-refractivity contribution >= 4 is 5.78 Å². The molecule has 1 aliphatic rings. The fraction of sp³-hybridized carbons (Fsp3) is 0.471. The van der Waals surface area contributed by atoms with Gasteiger partial charge in [-0.05, 0) is 31.3 Å². The summed E-state index contributed by atoms with van der Waals surface area (Å²) in [6.07, 6.45) is 0.786. The number of Topliss-reactive ketones (excluding diaryl/α,β-unsaturated/α-hetero) is 1. The zero-order valence-electron chi connectivity index (χ0n) is 14.0. The predicted molar refractivity (Wildman–Crippen MR) is 88.2 cm³/mol. The Hall–Kier alpha value is -2.25. The molecule has 1 N–H and O–H groups in total. The lowest BCUT2D eigenvalue weighted by Crippen LogP contribution is -2.44. The average Bonchev–Trinajstić information content (AvgIpc) is 3.09. The number of benzene rings is 1. The van der Waals surface area contributed by atoms with E-state index >= 15 is 0 Å². The maximum Gasteiger partial charge on any atom is 0.227 e. The van der Waals surface area contributed by atoms with Crippen molar-refractivity contribution in [1.29, 1.82) is 0 Å². The zero-order valence-corrected chi connectivity index (χ0v) is 14.0. The van der Waals surface area contributed by atoms with Crippen LogP contribution in [-0.4, -0.2) is 54.6 Å². The Morgan fingerprint density at radius 1 is 1.42 bits per heavy atom. The second kappa shape index (κ2) is 7.55. The molecule has 2 aromatic rings. The fourth-order valence-electron chi connectivity index (χ4n) is 2.74. The van der Waals surface area contributed by atoms with E-state index in [4.69, 9.17) is 9.26 Å². The molecule has 0 aliphatic carbocycles. The molecule has 7 nitrogen and oxygen atoms in total. The highest BCUT2D eigenvalue weighted by Crippen LogP contribution is 2.18. The van der Waals surface area contributed by atoms with E-state index in [1.807, 2.05) is 0 Å². The summed E-state index contributed by atoms with van der Waals surface area (Å²) in [5.74, 6) is 1.97. The van der Waals surface area contributed by atoms with E-state index in [0.29, 0.717) is 30.1 Å². The minimum Gasteiger partial charge on any atom is -0.497 e. The molecule has 24 heavy (non-hydrogen) atoms.